The van der Waals surface area contributed by atoms with Crippen LogP contribution in [0.25, 0.3) is 10.8 Å². The molecule has 11 heteroatoms. The summed E-state index contributed by atoms with van der Waals surface area (Å²) in [6.07, 6.45) is 17.4. The van der Waals surface area contributed by atoms with Gasteiger partial charge in [0.05, 0.1) is 39.9 Å². The number of nitrogens with zero attached hydrogens (tertiary/aromatic N) is 1. The van der Waals surface area contributed by atoms with Gasteiger partial charge in [0.25, 0.3) is 0 Å². The Labute approximate surface area is 388 Å². The molecule has 66 heavy (non-hydrogen) atoms. The molecule has 0 aromatic heterocycles. The van der Waals surface area contributed by atoms with Gasteiger partial charge in [0.15, 0.2) is 0 Å². The third-order valence-corrected chi connectivity index (χ3v) is 11.6. The number of benzene rings is 5. The van der Waals surface area contributed by atoms with Crippen molar-refractivity contribution in [2.45, 2.75) is 129 Å². The van der Waals surface area contributed by atoms with Crippen LogP contribution in [0, 0.1) is 0 Å². The molecule has 1 aliphatic rings. The lowest BCUT2D eigenvalue weighted by Gasteiger charge is -2.44. The molecule has 0 unspecified atom stereocenters. The van der Waals surface area contributed by atoms with E-state index in [1.807, 2.05) is 0 Å². The van der Waals surface area contributed by atoms with E-state index in [9.17, 15) is 24.4 Å². The molecule has 0 aliphatic carbocycles. The fraction of sp³-hybridized carbons (Fsp3) is 0.382. The summed E-state index contributed by atoms with van der Waals surface area (Å²) in [7, 11) is 0. The summed E-state index contributed by atoms with van der Waals surface area (Å²) >= 11 is 0. The highest BCUT2D eigenvalue weighted by molar-refractivity contribution is 5.98. The van der Waals surface area contributed by atoms with Crippen LogP contribution in [-0.4, -0.2) is 46.6 Å². The van der Waals surface area contributed by atoms with Crippen molar-refractivity contribution < 1.29 is 48.1 Å². The molecule has 1 aliphatic heterocycles. The third kappa shape index (κ3) is 14.1. The summed E-state index contributed by atoms with van der Waals surface area (Å²) in [5.74, 6) is -0.481. The van der Waals surface area contributed by atoms with Crippen LogP contribution in [-0.2, 0) is 9.94 Å². The molecule has 0 saturated carbocycles. The van der Waals surface area contributed by atoms with Crippen LogP contribution in [0.4, 0.5) is 0 Å². The Hall–Kier alpha value is -6.30. The van der Waals surface area contributed by atoms with E-state index in [4.69, 9.17) is 23.7 Å². The van der Waals surface area contributed by atoms with Gasteiger partial charge in [0.2, 0.25) is 0 Å². The summed E-state index contributed by atoms with van der Waals surface area (Å²) in [6.45, 7) is 10.0. The fourth-order valence-corrected chi connectivity index (χ4v) is 8.08. The SMILES string of the molecule is CCCCCCCCCCCCCCOc1ccc(C(=O)Oc2ccc(C(=O)Oc3ccc4ccc(C(=O)Oc5ccc(C(=O)OC6=CC(C)(C)N([O])C(C)(C)C6)cc5)cc4c3)cc2)cc1. The Kier molecular flexibility index (Phi) is 17.3. The van der Waals surface area contributed by atoms with Gasteiger partial charge in [-0.25, -0.2) is 19.2 Å². The van der Waals surface area contributed by atoms with Gasteiger partial charge < -0.3 is 23.7 Å². The quantitative estimate of drug-likeness (QED) is 0.0375. The van der Waals surface area contributed by atoms with Crippen LogP contribution >= 0.6 is 0 Å². The van der Waals surface area contributed by atoms with Crippen molar-refractivity contribution >= 4 is 34.6 Å². The molecule has 1 heterocycles. The summed E-state index contributed by atoms with van der Waals surface area (Å²) in [4.78, 5) is 52.0. The highest BCUT2D eigenvalue weighted by Gasteiger charge is 2.43. The van der Waals surface area contributed by atoms with Crippen LogP contribution in [0.2, 0.25) is 0 Å². The summed E-state index contributed by atoms with van der Waals surface area (Å²) in [6, 6.07) is 29.1. The van der Waals surface area contributed by atoms with E-state index in [0.29, 0.717) is 29.1 Å². The van der Waals surface area contributed by atoms with Crippen LogP contribution in [0.3, 0.4) is 0 Å². The van der Waals surface area contributed by atoms with E-state index in [2.05, 4.69) is 6.92 Å². The van der Waals surface area contributed by atoms with Gasteiger partial charge in [-0.3, -0.25) is 0 Å². The zero-order chi connectivity index (χ0) is 47.1. The molecule has 5 aromatic rings. The summed E-state index contributed by atoms with van der Waals surface area (Å²) in [5, 5.41) is 15.1. The topological polar surface area (TPSA) is 138 Å². The number of carbonyl (C=O) groups excluding carboxylic acids is 4. The molecule has 0 spiro atoms. The number of hydroxylamine groups is 2. The fourth-order valence-electron chi connectivity index (χ4n) is 8.08. The molecule has 11 nitrogen and oxygen atoms in total. The van der Waals surface area contributed by atoms with Crippen molar-refractivity contribution in [2.24, 2.45) is 0 Å². The van der Waals surface area contributed by atoms with E-state index in [-0.39, 0.29) is 40.4 Å². The number of hydrogen-bond donors (Lipinski definition) is 0. The maximum atomic E-state index is 13.2. The minimum Gasteiger partial charge on any atom is -0.494 e. The normalized spacial score (nSPS) is 14.2. The molecule has 0 saturated heterocycles. The zero-order valence-electron chi connectivity index (χ0n) is 38.9. The Balaban J connectivity index is 0.929. The van der Waals surface area contributed by atoms with Crippen molar-refractivity contribution in [3.63, 3.8) is 0 Å². The molecule has 347 valence electrons. The Morgan fingerprint density at radius 2 is 0.879 bits per heavy atom. The zero-order valence-corrected chi connectivity index (χ0v) is 38.9. The van der Waals surface area contributed by atoms with Crippen LogP contribution in [0.15, 0.2) is 121 Å². The molecular weight excluding hydrogens is 835 g/mol. The van der Waals surface area contributed by atoms with Crippen LogP contribution in [0.1, 0.15) is 160 Å². The van der Waals surface area contributed by atoms with E-state index in [1.54, 1.807) is 94.4 Å². The minimum atomic E-state index is -0.838. The van der Waals surface area contributed by atoms with Crippen molar-refractivity contribution in [3.8, 4) is 23.0 Å². The minimum absolute atomic E-state index is 0.223. The van der Waals surface area contributed by atoms with Gasteiger partial charge in [-0.2, -0.15) is 0 Å². The number of carbonyl (C=O) groups is 4. The first-order chi connectivity index (χ1) is 31.7. The van der Waals surface area contributed by atoms with E-state index >= 15 is 0 Å². The standard InChI is InChI=1S/C55H62NO10/c1-6-7-8-9-10-11-12-13-14-15-16-17-34-62-45-27-21-40(22-28-45)50(57)63-46-29-23-41(24-30-46)51(58)65-48-33-20-39-18-19-43(35-44(39)36-48)53(60)64-47-31-25-42(26-32-47)52(59)66-49-37-54(2,3)56(61)55(4,5)38-49/h18-33,35-37H,6-17,34,38H2,1-5H3. The molecule has 0 fully saturated rings. The number of ether oxygens (including phenoxy) is 5. The average Bonchev–Trinajstić information content (AvgIpc) is 3.30. The average molecular weight is 897 g/mol. The van der Waals surface area contributed by atoms with Gasteiger partial charge in [-0.15, -0.1) is 10.3 Å². The molecule has 0 atom stereocenters. The Morgan fingerprint density at radius 1 is 0.470 bits per heavy atom. The first kappa shape index (κ1) is 49.1. The maximum Gasteiger partial charge on any atom is 0.343 e. The molecule has 6 rings (SSSR count). The monoisotopic (exact) mass is 896 g/mol. The molecular formula is C55H62NO10. The number of fused-ring (bicyclic) bond motifs is 1. The predicted molar refractivity (Wildman–Crippen MR) is 254 cm³/mol. The van der Waals surface area contributed by atoms with Gasteiger partial charge in [0.1, 0.15) is 28.8 Å². The lowest BCUT2D eigenvalue weighted by molar-refractivity contribution is -0.265. The molecule has 5 aromatic carbocycles. The van der Waals surface area contributed by atoms with Crippen LogP contribution < -0.4 is 18.9 Å². The van der Waals surface area contributed by atoms with E-state index in [0.717, 1.165) is 23.3 Å². The highest BCUT2D eigenvalue weighted by atomic mass is 16.6. The van der Waals surface area contributed by atoms with Gasteiger partial charge in [-0.05, 0) is 148 Å². The summed E-state index contributed by atoms with van der Waals surface area (Å²) < 4.78 is 28.3. The second-order valence-corrected chi connectivity index (χ2v) is 18.1. The molecule has 0 amide bonds. The number of esters is 4. The van der Waals surface area contributed by atoms with Gasteiger partial charge >= 0.3 is 23.9 Å². The predicted octanol–water partition coefficient (Wildman–Crippen LogP) is 13.2. The largest absolute Gasteiger partial charge is 0.494 e. The van der Waals surface area contributed by atoms with E-state index in [1.165, 1.54) is 113 Å². The lowest BCUT2D eigenvalue weighted by Crippen LogP contribution is -2.54. The Bertz CT molecular complexity index is 2450. The third-order valence-electron chi connectivity index (χ3n) is 11.6. The first-order valence-corrected chi connectivity index (χ1v) is 23.3. The number of hydrogen-bond acceptors (Lipinski definition) is 10. The molecule has 0 bridgehead atoms. The van der Waals surface area contributed by atoms with Gasteiger partial charge in [0, 0.05) is 6.42 Å². The Morgan fingerprint density at radius 3 is 1.39 bits per heavy atom. The molecule has 1 radical (unpaired) electrons. The first-order valence-electron chi connectivity index (χ1n) is 23.3. The number of rotatable bonds is 22. The number of unbranched alkanes of at least 4 members (excludes halogenated alkanes) is 11. The van der Waals surface area contributed by atoms with Crippen LogP contribution in [0.5, 0.6) is 23.0 Å². The second-order valence-electron chi connectivity index (χ2n) is 18.1. The van der Waals surface area contributed by atoms with Crippen molar-refractivity contribution in [2.75, 3.05) is 6.61 Å². The van der Waals surface area contributed by atoms with E-state index < -0.39 is 35.0 Å². The van der Waals surface area contributed by atoms with Crippen molar-refractivity contribution in [3.05, 3.63) is 143 Å². The molecule has 0 N–H and O–H groups in total. The maximum absolute atomic E-state index is 13.2. The highest BCUT2D eigenvalue weighted by Crippen LogP contribution is 2.37. The van der Waals surface area contributed by atoms with Crippen molar-refractivity contribution in [1.29, 1.82) is 0 Å². The van der Waals surface area contributed by atoms with Crippen molar-refractivity contribution in [1.82, 2.24) is 5.06 Å². The lowest BCUT2D eigenvalue weighted by atomic mass is 9.86. The summed E-state index contributed by atoms with van der Waals surface area (Å²) in [5.41, 5.74) is -0.446. The second kappa shape index (κ2) is 23.2. The smallest absolute Gasteiger partial charge is 0.343 e. The van der Waals surface area contributed by atoms with Gasteiger partial charge in [-0.1, -0.05) is 89.7 Å².